The molecule has 0 amide bonds. The molecule has 5 heteroatoms. The molecule has 1 aliphatic heterocycles. The van der Waals surface area contributed by atoms with Crippen LogP contribution in [0.1, 0.15) is 36.3 Å². The summed E-state index contributed by atoms with van der Waals surface area (Å²) in [6.45, 7) is 9.04. The van der Waals surface area contributed by atoms with Gasteiger partial charge < -0.3 is 13.6 Å². The lowest BCUT2D eigenvalue weighted by Crippen LogP contribution is -2.28. The largest absolute Gasteiger partial charge is 0.482 e. The van der Waals surface area contributed by atoms with Gasteiger partial charge in [0.05, 0.1) is 10.9 Å². The minimum Gasteiger partial charge on any atom is -0.482 e. The number of benzene rings is 1. The smallest absolute Gasteiger partial charge is 0.339 e. The number of aryl methyl sites for hydroxylation is 2. The van der Waals surface area contributed by atoms with Crippen LogP contribution in [0.4, 0.5) is 0 Å². The first-order valence-corrected chi connectivity index (χ1v) is 8.04. The van der Waals surface area contributed by atoms with E-state index in [4.69, 9.17) is 13.6 Å². The SMILES string of the molecule is Cc1cc(=O)c2c(o1)c1c(c3c(C)c(C)c(=O)oc32)OC(C)(C)C=[C]1. The van der Waals surface area contributed by atoms with Gasteiger partial charge in [-0.2, -0.15) is 0 Å². The molecule has 127 valence electrons. The Balaban J connectivity index is 2.38. The molecular weight excluding hydrogens is 320 g/mol. The van der Waals surface area contributed by atoms with Gasteiger partial charge in [-0.15, -0.1) is 0 Å². The quantitative estimate of drug-likeness (QED) is 0.462. The van der Waals surface area contributed by atoms with E-state index in [1.807, 2.05) is 20.8 Å². The molecule has 3 aromatic rings. The maximum Gasteiger partial charge on any atom is 0.339 e. The molecule has 0 fully saturated rings. The Morgan fingerprint density at radius 2 is 1.68 bits per heavy atom. The van der Waals surface area contributed by atoms with Gasteiger partial charge in [0, 0.05) is 11.6 Å². The summed E-state index contributed by atoms with van der Waals surface area (Å²) < 4.78 is 17.5. The zero-order valence-electron chi connectivity index (χ0n) is 14.7. The lowest BCUT2D eigenvalue weighted by molar-refractivity contribution is 0.158. The van der Waals surface area contributed by atoms with Gasteiger partial charge in [0.2, 0.25) is 0 Å². The summed E-state index contributed by atoms with van der Waals surface area (Å²) in [4.78, 5) is 24.8. The fourth-order valence-corrected chi connectivity index (χ4v) is 3.18. The van der Waals surface area contributed by atoms with E-state index in [1.54, 1.807) is 19.9 Å². The van der Waals surface area contributed by atoms with Crippen molar-refractivity contribution in [3.8, 4) is 5.75 Å². The highest BCUT2D eigenvalue weighted by Gasteiger charge is 2.30. The Kier molecular flexibility index (Phi) is 3.04. The van der Waals surface area contributed by atoms with Crippen molar-refractivity contribution in [2.45, 2.75) is 40.2 Å². The third-order valence-electron chi connectivity index (χ3n) is 4.57. The summed E-state index contributed by atoms with van der Waals surface area (Å²) in [5, 5.41) is 0.855. The Labute approximate surface area is 143 Å². The predicted molar refractivity (Wildman–Crippen MR) is 94.4 cm³/mol. The number of rotatable bonds is 0. The van der Waals surface area contributed by atoms with E-state index in [0.29, 0.717) is 33.6 Å². The van der Waals surface area contributed by atoms with Crippen LogP contribution in [0, 0.1) is 26.8 Å². The monoisotopic (exact) mass is 337 g/mol. The summed E-state index contributed by atoms with van der Waals surface area (Å²) in [7, 11) is 0. The molecule has 25 heavy (non-hydrogen) atoms. The standard InChI is InChI=1S/C20H17O5/c1-9-8-13(21)15-16(23-9)12-6-7-20(4,5)25-17(12)14-10(2)11(3)19(22)24-18(14)15/h7-8H,1-5H3. The van der Waals surface area contributed by atoms with Gasteiger partial charge in [0.15, 0.2) is 16.6 Å². The molecule has 2 aromatic heterocycles. The first kappa shape index (κ1) is 15.7. The molecule has 0 unspecified atom stereocenters. The average Bonchev–Trinajstić information content (AvgIpc) is 2.50. The Hall–Kier alpha value is -2.82. The van der Waals surface area contributed by atoms with Gasteiger partial charge in [-0.1, -0.05) is 0 Å². The van der Waals surface area contributed by atoms with Crippen LogP contribution in [0.25, 0.3) is 21.9 Å². The normalized spacial score (nSPS) is 15.4. The second-order valence-corrected chi connectivity index (χ2v) is 6.97. The van der Waals surface area contributed by atoms with Crippen molar-refractivity contribution in [1.82, 2.24) is 0 Å². The van der Waals surface area contributed by atoms with Crippen molar-refractivity contribution >= 4 is 21.9 Å². The third-order valence-corrected chi connectivity index (χ3v) is 4.57. The lowest BCUT2D eigenvalue weighted by atomic mass is 9.95. The Bertz CT molecular complexity index is 1210. The summed E-state index contributed by atoms with van der Waals surface area (Å²) in [5.41, 5.74) is 1.00. The van der Waals surface area contributed by atoms with E-state index in [-0.39, 0.29) is 16.4 Å². The van der Waals surface area contributed by atoms with Gasteiger partial charge in [-0.05, 0) is 52.3 Å². The molecule has 1 radical (unpaired) electrons. The molecule has 0 atom stereocenters. The zero-order chi connectivity index (χ0) is 18.1. The first-order chi connectivity index (χ1) is 11.7. The molecule has 0 aliphatic carbocycles. The van der Waals surface area contributed by atoms with Gasteiger partial charge in [0.25, 0.3) is 0 Å². The van der Waals surface area contributed by atoms with Gasteiger partial charge in [-0.25, -0.2) is 4.79 Å². The fraction of sp³-hybridized carbons (Fsp3) is 0.300. The van der Waals surface area contributed by atoms with Crippen LogP contribution in [-0.4, -0.2) is 5.60 Å². The Morgan fingerprint density at radius 3 is 2.40 bits per heavy atom. The summed E-state index contributed by atoms with van der Waals surface area (Å²) >= 11 is 0. The average molecular weight is 337 g/mol. The number of hydrogen-bond donors (Lipinski definition) is 0. The zero-order valence-corrected chi connectivity index (χ0v) is 14.7. The van der Waals surface area contributed by atoms with E-state index in [0.717, 1.165) is 5.56 Å². The number of hydrogen-bond acceptors (Lipinski definition) is 5. The minimum absolute atomic E-state index is 0.204. The van der Waals surface area contributed by atoms with Gasteiger partial charge >= 0.3 is 5.63 Å². The molecule has 0 spiro atoms. The molecule has 3 heterocycles. The van der Waals surface area contributed by atoms with Crippen molar-refractivity contribution in [3.05, 3.63) is 61.3 Å². The van der Waals surface area contributed by atoms with Crippen molar-refractivity contribution in [2.24, 2.45) is 0 Å². The molecule has 4 rings (SSSR count). The maximum atomic E-state index is 12.6. The minimum atomic E-state index is -0.575. The highest BCUT2D eigenvalue weighted by atomic mass is 16.5. The molecule has 0 saturated carbocycles. The fourth-order valence-electron chi connectivity index (χ4n) is 3.18. The van der Waals surface area contributed by atoms with Crippen molar-refractivity contribution in [1.29, 1.82) is 0 Å². The van der Waals surface area contributed by atoms with Gasteiger partial charge in [-0.3, -0.25) is 4.79 Å². The van der Waals surface area contributed by atoms with Crippen LogP contribution in [0.15, 0.2) is 30.6 Å². The number of fused-ring (bicyclic) bond motifs is 6. The second kappa shape index (κ2) is 4.85. The summed E-state index contributed by atoms with van der Waals surface area (Å²) in [5.74, 6) is 0.991. The molecule has 1 aromatic carbocycles. The van der Waals surface area contributed by atoms with Crippen molar-refractivity contribution < 1.29 is 13.6 Å². The van der Waals surface area contributed by atoms with Crippen LogP contribution in [0.2, 0.25) is 0 Å². The predicted octanol–water partition coefficient (Wildman–Crippen LogP) is 3.70. The van der Waals surface area contributed by atoms with E-state index in [9.17, 15) is 9.59 Å². The summed E-state index contributed by atoms with van der Waals surface area (Å²) in [6.07, 6.45) is 5.00. The molecule has 1 aliphatic rings. The third kappa shape index (κ3) is 2.15. The molecule has 5 nitrogen and oxygen atoms in total. The van der Waals surface area contributed by atoms with E-state index >= 15 is 0 Å². The van der Waals surface area contributed by atoms with Crippen molar-refractivity contribution in [3.63, 3.8) is 0 Å². The van der Waals surface area contributed by atoms with Crippen LogP contribution >= 0.6 is 0 Å². The van der Waals surface area contributed by atoms with E-state index in [2.05, 4.69) is 6.08 Å². The van der Waals surface area contributed by atoms with E-state index < -0.39 is 11.2 Å². The number of ether oxygens (including phenoxy) is 1. The maximum absolute atomic E-state index is 12.6. The highest BCUT2D eigenvalue weighted by molar-refractivity contribution is 6.09. The van der Waals surface area contributed by atoms with Crippen LogP contribution < -0.4 is 15.8 Å². The first-order valence-electron chi connectivity index (χ1n) is 8.04. The lowest BCUT2D eigenvalue weighted by Gasteiger charge is -2.29. The van der Waals surface area contributed by atoms with Crippen LogP contribution in [-0.2, 0) is 0 Å². The summed E-state index contributed by atoms with van der Waals surface area (Å²) in [6, 6.07) is 1.39. The van der Waals surface area contributed by atoms with Gasteiger partial charge in [0.1, 0.15) is 22.5 Å². The molecular formula is C20H17O5. The molecule has 0 bridgehead atoms. The highest BCUT2D eigenvalue weighted by Crippen LogP contribution is 2.42. The van der Waals surface area contributed by atoms with Crippen LogP contribution in [0.5, 0.6) is 5.75 Å². The van der Waals surface area contributed by atoms with Crippen molar-refractivity contribution in [2.75, 3.05) is 0 Å². The molecule has 0 N–H and O–H groups in total. The molecule has 0 saturated heterocycles. The second-order valence-electron chi connectivity index (χ2n) is 6.97. The van der Waals surface area contributed by atoms with E-state index in [1.165, 1.54) is 6.07 Å². The Morgan fingerprint density at radius 1 is 0.960 bits per heavy atom. The van der Waals surface area contributed by atoms with Crippen LogP contribution in [0.3, 0.4) is 0 Å². The topological polar surface area (TPSA) is 69.7 Å².